The molecule has 110 valence electrons. The third kappa shape index (κ3) is 3.97. The highest BCUT2D eigenvalue weighted by atomic mass is 16.5. The number of benzene rings is 2. The SMILES string of the molecule is COc1cccc(C(O)COc2ccc(C(N)=O)cc2)c1. The quantitative estimate of drug-likeness (QED) is 0.850. The van der Waals surface area contributed by atoms with Crippen LogP contribution in [-0.4, -0.2) is 24.7 Å². The Balaban J connectivity index is 1.96. The maximum Gasteiger partial charge on any atom is 0.248 e. The van der Waals surface area contributed by atoms with Crippen LogP contribution in [0.15, 0.2) is 48.5 Å². The van der Waals surface area contributed by atoms with Gasteiger partial charge in [0.15, 0.2) is 0 Å². The first kappa shape index (κ1) is 14.9. The second-order valence-corrected chi connectivity index (χ2v) is 4.49. The van der Waals surface area contributed by atoms with E-state index in [4.69, 9.17) is 15.2 Å². The summed E-state index contributed by atoms with van der Waals surface area (Å²) in [5.41, 5.74) is 6.28. The van der Waals surface area contributed by atoms with Crippen LogP contribution in [0.1, 0.15) is 22.0 Å². The number of primary amides is 1. The molecule has 2 aromatic carbocycles. The predicted octanol–water partition coefficient (Wildman–Crippen LogP) is 1.91. The Morgan fingerprint density at radius 1 is 1.19 bits per heavy atom. The number of nitrogens with two attached hydrogens (primary N) is 1. The van der Waals surface area contributed by atoms with Crippen LogP contribution >= 0.6 is 0 Å². The highest BCUT2D eigenvalue weighted by Gasteiger charge is 2.09. The van der Waals surface area contributed by atoms with E-state index in [1.165, 1.54) is 0 Å². The lowest BCUT2D eigenvalue weighted by Gasteiger charge is -2.13. The van der Waals surface area contributed by atoms with E-state index in [-0.39, 0.29) is 6.61 Å². The average molecular weight is 287 g/mol. The summed E-state index contributed by atoms with van der Waals surface area (Å²) in [7, 11) is 1.57. The molecular weight excluding hydrogens is 270 g/mol. The van der Waals surface area contributed by atoms with Gasteiger partial charge in [-0.3, -0.25) is 4.79 Å². The average Bonchev–Trinajstić information content (AvgIpc) is 2.53. The lowest BCUT2D eigenvalue weighted by Crippen LogP contribution is -2.11. The topological polar surface area (TPSA) is 81.8 Å². The van der Waals surface area contributed by atoms with Crippen molar-refractivity contribution in [3.05, 3.63) is 59.7 Å². The van der Waals surface area contributed by atoms with Crippen LogP contribution < -0.4 is 15.2 Å². The number of amides is 1. The van der Waals surface area contributed by atoms with Crippen molar-refractivity contribution >= 4 is 5.91 Å². The Morgan fingerprint density at radius 3 is 2.52 bits per heavy atom. The number of aliphatic hydroxyl groups is 1. The number of ether oxygens (including phenoxy) is 2. The summed E-state index contributed by atoms with van der Waals surface area (Å²) in [5, 5.41) is 10.1. The number of hydrogen-bond donors (Lipinski definition) is 2. The van der Waals surface area contributed by atoms with Crippen LogP contribution in [0.3, 0.4) is 0 Å². The third-order valence-corrected chi connectivity index (χ3v) is 3.03. The largest absolute Gasteiger partial charge is 0.497 e. The summed E-state index contributed by atoms with van der Waals surface area (Å²) in [4.78, 5) is 11.0. The Morgan fingerprint density at radius 2 is 1.90 bits per heavy atom. The summed E-state index contributed by atoms with van der Waals surface area (Å²) in [6.07, 6.45) is -0.768. The predicted molar refractivity (Wildman–Crippen MR) is 78.4 cm³/mol. The summed E-state index contributed by atoms with van der Waals surface area (Å²) < 4.78 is 10.6. The molecule has 0 aliphatic heterocycles. The lowest BCUT2D eigenvalue weighted by molar-refractivity contribution is 0.0999. The number of methoxy groups -OCH3 is 1. The summed E-state index contributed by atoms with van der Waals surface area (Å²) in [5.74, 6) is 0.747. The molecule has 3 N–H and O–H groups in total. The zero-order valence-corrected chi connectivity index (χ0v) is 11.7. The maximum absolute atomic E-state index is 11.0. The smallest absolute Gasteiger partial charge is 0.248 e. The fourth-order valence-electron chi connectivity index (χ4n) is 1.84. The van der Waals surface area contributed by atoms with Crippen LogP contribution in [0.5, 0.6) is 11.5 Å². The lowest BCUT2D eigenvalue weighted by atomic mass is 10.1. The van der Waals surface area contributed by atoms with E-state index in [0.717, 1.165) is 0 Å². The molecule has 2 aromatic rings. The van der Waals surface area contributed by atoms with Crippen LogP contribution in [-0.2, 0) is 0 Å². The van der Waals surface area contributed by atoms with Gasteiger partial charge in [-0.1, -0.05) is 12.1 Å². The molecule has 0 radical (unpaired) electrons. The van der Waals surface area contributed by atoms with E-state index in [2.05, 4.69) is 0 Å². The van der Waals surface area contributed by atoms with Gasteiger partial charge in [0.2, 0.25) is 5.91 Å². The fraction of sp³-hybridized carbons (Fsp3) is 0.188. The van der Waals surface area contributed by atoms with Gasteiger partial charge in [0.25, 0.3) is 0 Å². The molecule has 0 aliphatic rings. The molecule has 0 spiro atoms. The zero-order valence-electron chi connectivity index (χ0n) is 11.7. The Bertz CT molecular complexity index is 610. The minimum absolute atomic E-state index is 0.100. The molecule has 0 aromatic heterocycles. The van der Waals surface area contributed by atoms with Crippen molar-refractivity contribution in [3.8, 4) is 11.5 Å². The molecule has 2 rings (SSSR count). The first-order valence-corrected chi connectivity index (χ1v) is 6.45. The standard InChI is InChI=1S/C16H17NO4/c1-20-14-4-2-3-12(9-14)15(18)10-21-13-7-5-11(6-8-13)16(17)19/h2-9,15,18H,10H2,1H3,(H2,17,19). The summed E-state index contributed by atoms with van der Waals surface area (Å²) in [6, 6.07) is 13.6. The molecule has 1 atom stereocenters. The first-order chi connectivity index (χ1) is 10.1. The molecule has 0 saturated heterocycles. The number of hydrogen-bond acceptors (Lipinski definition) is 4. The second kappa shape index (κ2) is 6.76. The summed E-state index contributed by atoms with van der Waals surface area (Å²) in [6.45, 7) is 0.100. The first-order valence-electron chi connectivity index (χ1n) is 6.45. The molecule has 1 amide bonds. The molecule has 5 heteroatoms. The highest BCUT2D eigenvalue weighted by Crippen LogP contribution is 2.20. The molecule has 0 fully saturated rings. The molecule has 21 heavy (non-hydrogen) atoms. The monoisotopic (exact) mass is 287 g/mol. The molecular formula is C16H17NO4. The minimum atomic E-state index is -0.768. The Labute approximate surface area is 122 Å². The minimum Gasteiger partial charge on any atom is -0.497 e. The molecule has 5 nitrogen and oxygen atoms in total. The van der Waals surface area contributed by atoms with Gasteiger partial charge in [0.1, 0.15) is 24.2 Å². The maximum atomic E-state index is 11.0. The van der Waals surface area contributed by atoms with Crippen molar-refractivity contribution in [1.29, 1.82) is 0 Å². The van der Waals surface area contributed by atoms with Gasteiger partial charge in [-0.15, -0.1) is 0 Å². The van der Waals surface area contributed by atoms with Crippen molar-refractivity contribution in [2.75, 3.05) is 13.7 Å². The Kier molecular flexibility index (Phi) is 4.79. The van der Waals surface area contributed by atoms with E-state index < -0.39 is 12.0 Å². The van der Waals surface area contributed by atoms with E-state index in [9.17, 15) is 9.90 Å². The van der Waals surface area contributed by atoms with Crippen molar-refractivity contribution in [2.45, 2.75) is 6.10 Å². The van der Waals surface area contributed by atoms with Gasteiger partial charge in [0, 0.05) is 5.56 Å². The van der Waals surface area contributed by atoms with Crippen LogP contribution in [0, 0.1) is 0 Å². The zero-order chi connectivity index (χ0) is 15.2. The number of carbonyl (C=O) groups is 1. The van der Waals surface area contributed by atoms with E-state index >= 15 is 0 Å². The van der Waals surface area contributed by atoms with Crippen LogP contribution in [0.25, 0.3) is 0 Å². The van der Waals surface area contributed by atoms with Crippen molar-refractivity contribution in [2.24, 2.45) is 5.73 Å². The van der Waals surface area contributed by atoms with Gasteiger partial charge in [-0.05, 0) is 42.0 Å². The van der Waals surface area contributed by atoms with E-state index in [1.807, 2.05) is 0 Å². The van der Waals surface area contributed by atoms with Crippen LogP contribution in [0.2, 0.25) is 0 Å². The van der Waals surface area contributed by atoms with Gasteiger partial charge in [-0.25, -0.2) is 0 Å². The number of rotatable bonds is 6. The second-order valence-electron chi connectivity index (χ2n) is 4.49. The number of carbonyl (C=O) groups excluding carboxylic acids is 1. The fourth-order valence-corrected chi connectivity index (χ4v) is 1.84. The van der Waals surface area contributed by atoms with Gasteiger partial charge < -0.3 is 20.3 Å². The molecule has 0 saturated carbocycles. The highest BCUT2D eigenvalue weighted by molar-refractivity contribution is 5.92. The molecule has 0 heterocycles. The van der Waals surface area contributed by atoms with Crippen LogP contribution in [0.4, 0.5) is 0 Å². The Hall–Kier alpha value is -2.53. The van der Waals surface area contributed by atoms with Crippen molar-refractivity contribution < 1.29 is 19.4 Å². The summed E-state index contributed by atoms with van der Waals surface area (Å²) >= 11 is 0. The van der Waals surface area contributed by atoms with Gasteiger partial charge in [0.05, 0.1) is 7.11 Å². The normalized spacial score (nSPS) is 11.7. The van der Waals surface area contributed by atoms with Crippen molar-refractivity contribution in [3.63, 3.8) is 0 Å². The van der Waals surface area contributed by atoms with E-state index in [0.29, 0.717) is 22.6 Å². The van der Waals surface area contributed by atoms with Gasteiger partial charge in [-0.2, -0.15) is 0 Å². The third-order valence-electron chi connectivity index (χ3n) is 3.03. The number of aliphatic hydroxyl groups excluding tert-OH is 1. The molecule has 0 bridgehead atoms. The molecule has 0 aliphatic carbocycles. The van der Waals surface area contributed by atoms with Gasteiger partial charge >= 0.3 is 0 Å². The molecule has 1 unspecified atom stereocenters. The van der Waals surface area contributed by atoms with Crippen molar-refractivity contribution in [1.82, 2.24) is 0 Å². The van der Waals surface area contributed by atoms with E-state index in [1.54, 1.807) is 55.6 Å².